The third kappa shape index (κ3) is 9.03. The molecule has 43 heavy (non-hydrogen) atoms. The van der Waals surface area contributed by atoms with Crippen molar-refractivity contribution in [2.45, 2.75) is 49.5 Å². The van der Waals surface area contributed by atoms with Gasteiger partial charge in [0.05, 0.1) is 18.5 Å². The molecule has 0 radical (unpaired) electrons. The zero-order valence-corrected chi connectivity index (χ0v) is 25.5. The van der Waals surface area contributed by atoms with Crippen molar-refractivity contribution in [1.82, 2.24) is 19.9 Å². The van der Waals surface area contributed by atoms with Crippen molar-refractivity contribution in [2.24, 2.45) is 11.7 Å². The van der Waals surface area contributed by atoms with Crippen LogP contribution in [0.2, 0.25) is 0 Å². The second-order valence-corrected chi connectivity index (χ2v) is 12.0. The predicted molar refractivity (Wildman–Crippen MR) is 168 cm³/mol. The zero-order valence-electron chi connectivity index (χ0n) is 24.7. The molecule has 0 aliphatic carbocycles. The van der Waals surface area contributed by atoms with E-state index in [4.69, 9.17) is 15.9 Å². The molecule has 1 aliphatic heterocycles. The lowest BCUT2D eigenvalue weighted by Crippen LogP contribution is -2.51. The average molecular weight is 605 g/mol. The third-order valence-electron chi connectivity index (χ3n) is 7.77. The Morgan fingerprint density at radius 1 is 1.14 bits per heavy atom. The quantitative estimate of drug-likeness (QED) is 0.132. The summed E-state index contributed by atoms with van der Waals surface area (Å²) in [7, 11) is 3.21. The van der Waals surface area contributed by atoms with Gasteiger partial charge in [0.2, 0.25) is 17.7 Å². The van der Waals surface area contributed by atoms with E-state index >= 15 is 0 Å². The molecule has 10 nitrogen and oxygen atoms in total. The number of amides is 2. The molecule has 1 unspecified atom stereocenters. The van der Waals surface area contributed by atoms with E-state index in [-0.39, 0.29) is 17.6 Å². The molecule has 2 aromatic carbocycles. The number of likely N-dealkylation sites (tertiary alicyclic amines) is 1. The Bertz CT molecular complexity index is 1390. The second-order valence-electron chi connectivity index (χ2n) is 10.7. The predicted octanol–water partition coefficient (Wildman–Crippen LogP) is 3.42. The fraction of sp³-hybridized carbons (Fsp3) is 0.375. The molecule has 1 saturated heterocycles. The molecule has 2 amide bonds. The van der Waals surface area contributed by atoms with Crippen LogP contribution in [0.1, 0.15) is 43.2 Å². The number of nitrogens with one attached hydrogen (secondary N) is 3. The molecule has 2 heterocycles. The maximum absolute atomic E-state index is 13.9. The summed E-state index contributed by atoms with van der Waals surface area (Å²) in [6, 6.07) is 17.5. The summed E-state index contributed by atoms with van der Waals surface area (Å²) < 4.78 is 21.9. The summed E-state index contributed by atoms with van der Waals surface area (Å²) in [5, 5.41) is 10.5. The average Bonchev–Trinajstić information content (AvgIpc) is 3.04. The van der Waals surface area contributed by atoms with Crippen LogP contribution in [0.5, 0.6) is 5.88 Å². The standard InChI is InChI=1S/C32H40N6O4S/c1-35-29(39)11-4-6-22-14-16-38(17-15-22)32(40)28(19-23-7-3-9-25(18-23)31(33)34)37-43(41)27-10-5-8-24(20-27)26-12-13-30(42-2)36-21-26/h3,5,7-10,12-13,18,20-22,28,37H,4,6,11,14-17,19H2,1-2H3,(H3,33,34)(H,35,39)/t28-,43?/m0/s1. The van der Waals surface area contributed by atoms with Gasteiger partial charge in [-0.25, -0.2) is 4.98 Å². The van der Waals surface area contributed by atoms with Gasteiger partial charge in [0, 0.05) is 62.4 Å². The Morgan fingerprint density at radius 2 is 1.91 bits per heavy atom. The maximum Gasteiger partial charge on any atom is 0.244 e. The largest absolute Gasteiger partial charge is 0.593 e. The van der Waals surface area contributed by atoms with Gasteiger partial charge in [-0.15, -0.1) is 4.72 Å². The Balaban J connectivity index is 1.48. The van der Waals surface area contributed by atoms with E-state index in [1.165, 1.54) is 0 Å². The number of carbonyl (C=O) groups excluding carboxylic acids is 2. The minimum Gasteiger partial charge on any atom is -0.593 e. The SMILES string of the molecule is CNC(=O)CCCC1CCN(C(=O)[C@H](Cc2cccc(C(=N)N)c2)N[S+]([O-])c2cccc(-c3ccc(OC)nc3)c2)CC1. The first kappa shape index (κ1) is 32.0. The highest BCUT2D eigenvalue weighted by Gasteiger charge is 2.32. The van der Waals surface area contributed by atoms with E-state index in [0.29, 0.717) is 48.2 Å². The zero-order chi connectivity index (χ0) is 30.8. The molecule has 5 N–H and O–H groups in total. The number of nitrogens with two attached hydrogens (primary N) is 1. The van der Waals surface area contributed by atoms with Gasteiger partial charge in [-0.1, -0.05) is 30.3 Å². The van der Waals surface area contributed by atoms with Gasteiger partial charge in [-0.3, -0.25) is 15.0 Å². The molecule has 228 valence electrons. The van der Waals surface area contributed by atoms with Crippen molar-refractivity contribution in [2.75, 3.05) is 27.2 Å². The number of methoxy groups -OCH3 is 1. The Hall–Kier alpha value is -3.93. The van der Waals surface area contributed by atoms with Crippen LogP contribution in [0.4, 0.5) is 0 Å². The molecule has 0 bridgehead atoms. The van der Waals surface area contributed by atoms with Crippen LogP contribution in [0.15, 0.2) is 71.8 Å². The number of nitrogens with zero attached hydrogens (tertiary/aromatic N) is 2. The minimum atomic E-state index is -1.68. The van der Waals surface area contributed by atoms with Gasteiger partial charge >= 0.3 is 0 Å². The molecule has 0 saturated carbocycles. The number of nitrogen functional groups attached to an aromatic ring is 1. The molecule has 3 aromatic rings. The number of hydrogen-bond acceptors (Lipinski definition) is 7. The van der Waals surface area contributed by atoms with E-state index in [0.717, 1.165) is 42.4 Å². The second kappa shape index (κ2) is 15.5. The van der Waals surface area contributed by atoms with E-state index in [9.17, 15) is 14.1 Å². The molecule has 0 spiro atoms. The van der Waals surface area contributed by atoms with Crippen LogP contribution >= 0.6 is 0 Å². The van der Waals surface area contributed by atoms with Crippen LogP contribution in [-0.2, 0) is 27.4 Å². The first-order valence-corrected chi connectivity index (χ1v) is 15.6. The van der Waals surface area contributed by atoms with Crippen molar-refractivity contribution in [3.63, 3.8) is 0 Å². The van der Waals surface area contributed by atoms with Crippen LogP contribution in [-0.4, -0.2) is 65.4 Å². The van der Waals surface area contributed by atoms with Gasteiger partial charge in [-0.2, -0.15) is 0 Å². The number of rotatable bonds is 13. The van der Waals surface area contributed by atoms with Gasteiger partial charge in [0.1, 0.15) is 11.9 Å². The molecule has 4 rings (SSSR count). The normalized spacial score (nSPS) is 15.0. The minimum absolute atomic E-state index is 0.0505. The van der Waals surface area contributed by atoms with E-state index in [1.807, 2.05) is 35.2 Å². The van der Waals surface area contributed by atoms with Crippen LogP contribution in [0, 0.1) is 11.3 Å². The highest BCUT2D eigenvalue weighted by molar-refractivity contribution is 7.89. The molecule has 1 aromatic heterocycles. The number of piperidine rings is 1. The molecular formula is C32H40N6O4S. The lowest BCUT2D eigenvalue weighted by Gasteiger charge is -2.34. The number of benzene rings is 2. The number of aromatic nitrogens is 1. The number of pyridine rings is 1. The summed E-state index contributed by atoms with van der Waals surface area (Å²) in [5.41, 5.74) is 8.80. The Kier molecular flexibility index (Phi) is 11.5. The molecule has 11 heteroatoms. The maximum atomic E-state index is 13.9. The summed E-state index contributed by atoms with van der Waals surface area (Å²) in [5.74, 6) is 0.866. The summed E-state index contributed by atoms with van der Waals surface area (Å²) in [6.45, 7) is 1.23. The van der Waals surface area contributed by atoms with Gasteiger partial charge in [0.15, 0.2) is 4.90 Å². The number of hydrogen-bond donors (Lipinski definition) is 4. The van der Waals surface area contributed by atoms with Gasteiger partial charge < -0.3 is 25.2 Å². The van der Waals surface area contributed by atoms with Crippen LogP contribution in [0.3, 0.4) is 0 Å². The molecular weight excluding hydrogens is 564 g/mol. The van der Waals surface area contributed by atoms with Crippen molar-refractivity contribution < 1.29 is 18.9 Å². The Labute approximate surface area is 256 Å². The third-order valence-corrected chi connectivity index (χ3v) is 8.95. The van der Waals surface area contributed by atoms with Crippen molar-refractivity contribution in [3.05, 3.63) is 78.0 Å². The van der Waals surface area contributed by atoms with Gasteiger partial charge in [-0.05, 0) is 60.9 Å². The Morgan fingerprint density at radius 3 is 2.58 bits per heavy atom. The van der Waals surface area contributed by atoms with E-state index in [2.05, 4.69) is 15.0 Å². The number of carbonyl (C=O) groups is 2. The fourth-order valence-electron chi connectivity index (χ4n) is 5.28. The monoisotopic (exact) mass is 604 g/mol. The summed E-state index contributed by atoms with van der Waals surface area (Å²) >= 11 is -1.68. The van der Waals surface area contributed by atoms with Crippen LogP contribution < -0.4 is 20.5 Å². The molecule has 1 fully saturated rings. The summed E-state index contributed by atoms with van der Waals surface area (Å²) in [6.07, 6.45) is 6.03. The first-order valence-electron chi connectivity index (χ1n) is 14.5. The smallest absolute Gasteiger partial charge is 0.244 e. The summed E-state index contributed by atoms with van der Waals surface area (Å²) in [4.78, 5) is 32.1. The fourth-order valence-corrected chi connectivity index (χ4v) is 6.29. The highest BCUT2D eigenvalue weighted by Crippen LogP contribution is 2.26. The number of ether oxygens (including phenoxy) is 1. The first-order chi connectivity index (χ1) is 20.8. The van der Waals surface area contributed by atoms with Gasteiger partial charge in [0.25, 0.3) is 0 Å². The topological polar surface area (TPSA) is 156 Å². The van der Waals surface area contributed by atoms with Crippen molar-refractivity contribution in [3.8, 4) is 17.0 Å². The van der Waals surface area contributed by atoms with Crippen molar-refractivity contribution in [1.29, 1.82) is 5.41 Å². The van der Waals surface area contributed by atoms with Crippen molar-refractivity contribution >= 4 is 29.0 Å². The lowest BCUT2D eigenvalue weighted by atomic mass is 9.91. The lowest BCUT2D eigenvalue weighted by molar-refractivity contribution is -0.134. The van der Waals surface area contributed by atoms with E-state index < -0.39 is 17.4 Å². The highest BCUT2D eigenvalue weighted by atomic mass is 32.2. The number of amidine groups is 1. The molecule has 1 aliphatic rings. The van der Waals surface area contributed by atoms with E-state index in [1.54, 1.807) is 50.7 Å². The molecule has 2 atom stereocenters. The van der Waals surface area contributed by atoms with Crippen LogP contribution in [0.25, 0.3) is 11.1 Å².